The molecular weight excluding hydrogens is 337 g/mol. The molecule has 2 rings (SSSR count). The first kappa shape index (κ1) is 17.1. The Hall–Kier alpha value is -2.30. The maximum Gasteiger partial charge on any atom is 0.255 e. The highest BCUT2D eigenvalue weighted by atomic mass is 35.5. The molecule has 0 unspecified atom stereocenters. The van der Waals surface area contributed by atoms with Gasteiger partial charge in [-0.05, 0) is 42.0 Å². The normalized spacial score (nSPS) is 10.7. The number of benzene rings is 2. The van der Waals surface area contributed by atoms with Crippen molar-refractivity contribution in [2.24, 2.45) is 5.73 Å². The Morgan fingerprint density at radius 2 is 1.87 bits per heavy atom. The third-order valence-corrected chi connectivity index (χ3v) is 3.46. The van der Waals surface area contributed by atoms with Crippen LogP contribution in [0.15, 0.2) is 48.5 Å². The maximum absolute atomic E-state index is 12.3. The van der Waals surface area contributed by atoms with Crippen LogP contribution in [0.4, 0.5) is 0 Å². The Labute approximate surface area is 143 Å². The highest BCUT2D eigenvalue weighted by Crippen LogP contribution is 2.23. The lowest BCUT2D eigenvalue weighted by atomic mass is 10.1. The number of halogens is 2. The molecule has 0 saturated carbocycles. The van der Waals surface area contributed by atoms with Crippen molar-refractivity contribution in [2.75, 3.05) is 6.61 Å². The molecule has 0 saturated heterocycles. The Morgan fingerprint density at radius 3 is 2.57 bits per heavy atom. The van der Waals surface area contributed by atoms with Gasteiger partial charge in [-0.1, -0.05) is 41.4 Å². The van der Waals surface area contributed by atoms with Crippen molar-refractivity contribution in [3.63, 3.8) is 0 Å². The third-order valence-electron chi connectivity index (χ3n) is 2.90. The van der Waals surface area contributed by atoms with Crippen LogP contribution in [0.2, 0.25) is 10.0 Å². The number of amides is 1. The van der Waals surface area contributed by atoms with Crippen molar-refractivity contribution in [3.05, 3.63) is 69.7 Å². The van der Waals surface area contributed by atoms with Crippen molar-refractivity contribution in [1.82, 2.24) is 0 Å². The average Bonchev–Trinajstić information content (AvgIpc) is 2.52. The number of ketones is 1. The molecule has 1 amide bonds. The van der Waals surface area contributed by atoms with E-state index in [9.17, 15) is 9.59 Å². The van der Waals surface area contributed by atoms with Gasteiger partial charge in [-0.25, -0.2) is 0 Å². The maximum atomic E-state index is 12.3. The molecule has 0 aliphatic heterocycles. The van der Waals surface area contributed by atoms with Crippen LogP contribution in [0.25, 0.3) is 6.08 Å². The van der Waals surface area contributed by atoms with Gasteiger partial charge in [-0.3, -0.25) is 9.59 Å². The van der Waals surface area contributed by atoms with E-state index < -0.39 is 5.91 Å². The number of ether oxygens (including phenoxy) is 1. The van der Waals surface area contributed by atoms with Gasteiger partial charge in [-0.2, -0.15) is 0 Å². The fourth-order valence-corrected chi connectivity index (χ4v) is 2.31. The number of allylic oxidation sites excluding steroid dienone is 1. The molecule has 0 spiro atoms. The summed E-state index contributed by atoms with van der Waals surface area (Å²) in [5, 5.41) is 0.962. The van der Waals surface area contributed by atoms with Gasteiger partial charge in [0.15, 0.2) is 12.4 Å². The average molecular weight is 350 g/mol. The van der Waals surface area contributed by atoms with Gasteiger partial charge in [0.25, 0.3) is 5.91 Å². The second-order valence-corrected chi connectivity index (χ2v) is 5.46. The van der Waals surface area contributed by atoms with Crippen molar-refractivity contribution < 1.29 is 14.3 Å². The lowest BCUT2D eigenvalue weighted by molar-refractivity contribution is -0.119. The first-order valence-electron chi connectivity index (χ1n) is 6.65. The molecule has 0 aromatic heterocycles. The summed E-state index contributed by atoms with van der Waals surface area (Å²) in [5.41, 5.74) is 6.04. The van der Waals surface area contributed by atoms with E-state index in [-0.39, 0.29) is 12.4 Å². The summed E-state index contributed by atoms with van der Waals surface area (Å²) >= 11 is 11.9. The second-order valence-electron chi connectivity index (χ2n) is 4.61. The molecule has 0 aliphatic rings. The molecule has 2 N–H and O–H groups in total. The van der Waals surface area contributed by atoms with Gasteiger partial charge in [0, 0.05) is 10.0 Å². The largest absolute Gasteiger partial charge is 0.483 e. The number of nitrogens with two attached hydrogens (primary N) is 1. The van der Waals surface area contributed by atoms with Gasteiger partial charge in [0.2, 0.25) is 0 Å². The van der Waals surface area contributed by atoms with Crippen molar-refractivity contribution in [1.29, 1.82) is 0 Å². The van der Waals surface area contributed by atoms with E-state index in [0.29, 0.717) is 26.9 Å². The summed E-state index contributed by atoms with van der Waals surface area (Å²) in [6.45, 7) is -0.295. The quantitative estimate of drug-likeness (QED) is 0.637. The molecule has 0 radical (unpaired) electrons. The van der Waals surface area contributed by atoms with E-state index in [1.807, 2.05) is 0 Å². The number of carbonyl (C=O) groups is 2. The zero-order chi connectivity index (χ0) is 16.8. The fourth-order valence-electron chi connectivity index (χ4n) is 1.84. The van der Waals surface area contributed by atoms with Crippen molar-refractivity contribution in [3.8, 4) is 5.75 Å². The van der Waals surface area contributed by atoms with E-state index in [1.165, 1.54) is 6.08 Å². The standard InChI is InChI=1S/C17H13Cl2NO3/c18-12-7-5-11(14(19)9-12)6-8-15(21)13-3-1-2-4-16(13)23-10-17(20)22/h1-9H,10H2,(H2,20,22)/b8-6+. The minimum absolute atomic E-state index is 0.281. The molecule has 4 nitrogen and oxygen atoms in total. The van der Waals surface area contributed by atoms with Crippen LogP contribution < -0.4 is 10.5 Å². The minimum atomic E-state index is -0.615. The number of para-hydroxylation sites is 1. The lowest BCUT2D eigenvalue weighted by Gasteiger charge is -2.07. The van der Waals surface area contributed by atoms with Gasteiger partial charge in [0.1, 0.15) is 5.75 Å². The molecular formula is C17H13Cl2NO3. The van der Waals surface area contributed by atoms with Crippen LogP contribution >= 0.6 is 23.2 Å². The number of primary amides is 1. The monoisotopic (exact) mass is 349 g/mol. The van der Waals surface area contributed by atoms with E-state index in [4.69, 9.17) is 33.7 Å². The van der Waals surface area contributed by atoms with E-state index >= 15 is 0 Å². The molecule has 0 atom stereocenters. The predicted molar refractivity (Wildman–Crippen MR) is 91.0 cm³/mol. The smallest absolute Gasteiger partial charge is 0.255 e. The topological polar surface area (TPSA) is 69.4 Å². The summed E-state index contributed by atoms with van der Waals surface area (Å²) in [6.07, 6.45) is 2.97. The van der Waals surface area contributed by atoms with E-state index in [2.05, 4.69) is 0 Å². The number of hydrogen-bond acceptors (Lipinski definition) is 3. The zero-order valence-electron chi connectivity index (χ0n) is 12.0. The van der Waals surface area contributed by atoms with Crippen LogP contribution in [0, 0.1) is 0 Å². The predicted octanol–water partition coefficient (Wildman–Crippen LogP) is 3.75. The Morgan fingerprint density at radius 1 is 1.13 bits per heavy atom. The Bertz CT molecular complexity index is 772. The number of hydrogen-bond donors (Lipinski definition) is 1. The lowest BCUT2D eigenvalue weighted by Crippen LogP contribution is -2.20. The summed E-state index contributed by atoms with van der Waals surface area (Å²) in [6, 6.07) is 11.6. The number of rotatable bonds is 6. The van der Waals surface area contributed by atoms with Crippen molar-refractivity contribution >= 4 is 41.0 Å². The van der Waals surface area contributed by atoms with Gasteiger partial charge >= 0.3 is 0 Å². The molecule has 0 aliphatic carbocycles. The van der Waals surface area contributed by atoms with Gasteiger partial charge in [-0.15, -0.1) is 0 Å². The molecule has 6 heteroatoms. The van der Waals surface area contributed by atoms with Gasteiger partial charge < -0.3 is 10.5 Å². The highest BCUT2D eigenvalue weighted by Gasteiger charge is 2.10. The molecule has 0 fully saturated rings. The molecule has 0 bridgehead atoms. The summed E-state index contributed by atoms with van der Waals surface area (Å²) < 4.78 is 5.24. The molecule has 2 aromatic carbocycles. The SMILES string of the molecule is NC(=O)COc1ccccc1C(=O)/C=C/c1ccc(Cl)cc1Cl. The minimum Gasteiger partial charge on any atom is -0.483 e. The zero-order valence-corrected chi connectivity index (χ0v) is 13.5. The van der Waals surface area contributed by atoms with Crippen LogP contribution in [0.1, 0.15) is 15.9 Å². The van der Waals surface area contributed by atoms with Crippen LogP contribution in [-0.4, -0.2) is 18.3 Å². The van der Waals surface area contributed by atoms with Crippen LogP contribution in [0.3, 0.4) is 0 Å². The summed E-state index contributed by atoms with van der Waals surface area (Å²) in [5.74, 6) is -0.602. The molecule has 23 heavy (non-hydrogen) atoms. The molecule has 2 aromatic rings. The Kier molecular flexibility index (Phi) is 5.79. The van der Waals surface area contributed by atoms with Crippen LogP contribution in [-0.2, 0) is 4.79 Å². The number of carbonyl (C=O) groups excluding carboxylic acids is 2. The van der Waals surface area contributed by atoms with Crippen molar-refractivity contribution in [2.45, 2.75) is 0 Å². The summed E-state index contributed by atoms with van der Waals surface area (Å²) in [7, 11) is 0. The highest BCUT2D eigenvalue weighted by molar-refractivity contribution is 6.35. The first-order chi connectivity index (χ1) is 11.0. The van der Waals surface area contributed by atoms with Crippen LogP contribution in [0.5, 0.6) is 5.75 Å². The Balaban J connectivity index is 2.20. The first-order valence-corrected chi connectivity index (χ1v) is 7.40. The molecule has 118 valence electrons. The van der Waals surface area contributed by atoms with E-state index in [0.717, 1.165) is 0 Å². The molecule has 0 heterocycles. The summed E-state index contributed by atoms with van der Waals surface area (Å²) in [4.78, 5) is 23.1. The second kappa shape index (κ2) is 7.81. The van der Waals surface area contributed by atoms with E-state index in [1.54, 1.807) is 48.5 Å². The third kappa shape index (κ3) is 4.84. The fraction of sp³-hybridized carbons (Fsp3) is 0.0588. The van der Waals surface area contributed by atoms with Gasteiger partial charge in [0.05, 0.1) is 5.56 Å².